The number of rotatable bonds is 16. The highest BCUT2D eigenvalue weighted by atomic mass is 28.2. The van der Waals surface area contributed by atoms with Crippen LogP contribution in [0.25, 0.3) is 0 Å². The molecule has 1 aliphatic heterocycles. The zero-order valence-corrected chi connectivity index (χ0v) is 18.8. The lowest BCUT2D eigenvalue weighted by molar-refractivity contribution is -0.0441. The van der Waals surface area contributed by atoms with Gasteiger partial charge in [0.15, 0.2) is 0 Å². The van der Waals surface area contributed by atoms with Crippen molar-refractivity contribution in [1.29, 1.82) is 0 Å². The normalized spacial score (nSPS) is 16.8. The first kappa shape index (κ1) is 24.1. The third kappa shape index (κ3) is 11.0. The Morgan fingerprint density at radius 3 is 1.85 bits per heavy atom. The van der Waals surface area contributed by atoms with E-state index in [9.17, 15) is 0 Å². The molecule has 0 atom stereocenters. The van der Waals surface area contributed by atoms with Gasteiger partial charge in [0.2, 0.25) is 0 Å². The van der Waals surface area contributed by atoms with E-state index in [2.05, 4.69) is 28.5 Å². The minimum atomic E-state index is -0.00444. The molecule has 2 radical (unpaired) electrons. The molecule has 0 unspecified atom stereocenters. The fourth-order valence-corrected chi connectivity index (χ4v) is 4.33. The van der Waals surface area contributed by atoms with Gasteiger partial charge in [-0.2, -0.15) is 0 Å². The number of hydrogen-bond acceptors (Lipinski definition) is 5. The lowest BCUT2D eigenvalue weighted by Gasteiger charge is -2.36. The lowest BCUT2D eigenvalue weighted by Crippen LogP contribution is -2.48. The van der Waals surface area contributed by atoms with Crippen molar-refractivity contribution < 1.29 is 9.47 Å². The topological polar surface area (TPSA) is 28.2 Å². The molecule has 0 aromatic heterocycles. The molecule has 1 aliphatic rings. The summed E-state index contributed by atoms with van der Waals surface area (Å²) in [6, 6.07) is 1.20. The molecule has 0 aromatic rings. The average molecular weight is 386 g/mol. The largest absolute Gasteiger partial charge is 0.360 e. The van der Waals surface area contributed by atoms with E-state index >= 15 is 0 Å². The third-order valence-corrected chi connectivity index (χ3v) is 6.69. The van der Waals surface area contributed by atoms with Gasteiger partial charge in [0, 0.05) is 53.5 Å². The van der Waals surface area contributed by atoms with Gasteiger partial charge in [-0.05, 0) is 38.9 Å². The molecule has 6 heteroatoms. The first-order valence-corrected chi connectivity index (χ1v) is 12.0. The minimum absolute atomic E-state index is 0.00444. The third-order valence-electron chi connectivity index (χ3n) is 5.24. The second-order valence-corrected chi connectivity index (χ2v) is 8.72. The van der Waals surface area contributed by atoms with Crippen molar-refractivity contribution in [1.82, 2.24) is 14.7 Å². The molecule has 1 fully saturated rings. The van der Waals surface area contributed by atoms with Crippen LogP contribution in [-0.2, 0) is 9.47 Å². The maximum Gasteiger partial charge on any atom is 0.136 e. The summed E-state index contributed by atoms with van der Waals surface area (Å²) in [4.78, 5) is 7.97. The fourth-order valence-electron chi connectivity index (χ4n) is 3.40. The number of nitrogens with zero attached hydrogens (tertiary/aromatic N) is 3. The maximum absolute atomic E-state index is 5.27. The predicted molar refractivity (Wildman–Crippen MR) is 112 cm³/mol. The number of hydrogen-bond donors (Lipinski definition) is 0. The van der Waals surface area contributed by atoms with E-state index in [1.165, 1.54) is 97.1 Å². The summed E-state index contributed by atoms with van der Waals surface area (Å²) in [6.07, 6.45) is 6.54. The molecular formula is C20H43N3O2Si. The molecular weight excluding hydrogens is 342 g/mol. The van der Waals surface area contributed by atoms with Crippen molar-refractivity contribution in [3.8, 4) is 0 Å². The molecule has 26 heavy (non-hydrogen) atoms. The second kappa shape index (κ2) is 16.0. The highest BCUT2D eigenvalue weighted by Gasteiger charge is 2.17. The molecule has 0 aliphatic carbocycles. The van der Waals surface area contributed by atoms with Gasteiger partial charge in [-0.25, -0.2) is 0 Å². The Morgan fingerprint density at radius 2 is 1.35 bits per heavy atom. The molecule has 1 rings (SSSR count). The van der Waals surface area contributed by atoms with Gasteiger partial charge in [0.1, 0.15) is 15.4 Å². The van der Waals surface area contributed by atoms with E-state index in [1.54, 1.807) is 14.2 Å². The van der Waals surface area contributed by atoms with Crippen molar-refractivity contribution in [3.05, 3.63) is 0 Å². The number of piperazine rings is 1. The lowest BCUT2D eigenvalue weighted by atomic mass is 10.2. The van der Waals surface area contributed by atoms with Gasteiger partial charge in [-0.15, -0.1) is 0 Å². The molecule has 0 amide bonds. The molecule has 0 bridgehead atoms. The van der Waals surface area contributed by atoms with Gasteiger partial charge in [-0.3, -0.25) is 4.90 Å². The fraction of sp³-hybridized carbons (Fsp3) is 1.00. The Labute approximate surface area is 165 Å². The van der Waals surface area contributed by atoms with E-state index in [-0.39, 0.29) is 5.91 Å². The van der Waals surface area contributed by atoms with Crippen molar-refractivity contribution in [3.63, 3.8) is 0 Å². The summed E-state index contributed by atoms with van der Waals surface area (Å²) in [7, 11) is 4.20. The minimum Gasteiger partial charge on any atom is -0.360 e. The zero-order valence-electron chi connectivity index (χ0n) is 17.8. The van der Waals surface area contributed by atoms with Crippen LogP contribution >= 0.6 is 0 Å². The van der Waals surface area contributed by atoms with E-state index in [4.69, 9.17) is 9.47 Å². The van der Waals surface area contributed by atoms with Crippen LogP contribution in [-0.4, -0.2) is 103 Å². The summed E-state index contributed by atoms with van der Waals surface area (Å²) in [6.45, 7) is 15.8. The van der Waals surface area contributed by atoms with Gasteiger partial charge < -0.3 is 19.3 Å². The van der Waals surface area contributed by atoms with E-state index in [0.717, 1.165) is 9.52 Å². The highest BCUT2D eigenvalue weighted by Crippen LogP contribution is 2.06. The predicted octanol–water partition coefficient (Wildman–Crippen LogP) is 2.60. The molecule has 1 saturated heterocycles. The summed E-state index contributed by atoms with van der Waals surface area (Å²) >= 11 is 0. The van der Waals surface area contributed by atoms with Crippen molar-refractivity contribution in [2.75, 3.05) is 73.1 Å². The standard InChI is InChI=1S/C20H43N3O2Si/c1-5-7-10-21(11-8-6-2)13-16-23-17-14-22(15-18-23)12-9-19-26-20(24-3)25-4/h20H,5-19H2,1-4H3. The number of ether oxygens (including phenoxy) is 2. The second-order valence-electron chi connectivity index (χ2n) is 7.34. The Bertz CT molecular complexity index is 303. The van der Waals surface area contributed by atoms with E-state index in [0.29, 0.717) is 0 Å². The molecule has 5 nitrogen and oxygen atoms in total. The Morgan fingerprint density at radius 1 is 0.808 bits per heavy atom. The highest BCUT2D eigenvalue weighted by molar-refractivity contribution is 6.36. The Balaban J connectivity index is 2.12. The molecule has 0 saturated carbocycles. The smallest absolute Gasteiger partial charge is 0.136 e. The van der Waals surface area contributed by atoms with E-state index < -0.39 is 0 Å². The first-order valence-electron chi connectivity index (χ1n) is 10.7. The molecule has 0 aromatic carbocycles. The first-order chi connectivity index (χ1) is 12.7. The molecule has 0 N–H and O–H groups in total. The quantitative estimate of drug-likeness (QED) is 0.231. The van der Waals surface area contributed by atoms with Crippen LogP contribution in [0.3, 0.4) is 0 Å². The Hall–Kier alpha value is 0.0169. The summed E-state index contributed by atoms with van der Waals surface area (Å²) in [5.41, 5.74) is 0. The molecule has 0 spiro atoms. The summed E-state index contributed by atoms with van der Waals surface area (Å²) < 4.78 is 10.5. The van der Waals surface area contributed by atoms with Crippen LogP contribution in [0, 0.1) is 0 Å². The van der Waals surface area contributed by atoms with Gasteiger partial charge in [0.25, 0.3) is 0 Å². The van der Waals surface area contributed by atoms with Gasteiger partial charge in [0.05, 0.1) is 0 Å². The van der Waals surface area contributed by atoms with Crippen LogP contribution in [0.15, 0.2) is 0 Å². The van der Waals surface area contributed by atoms with Crippen LogP contribution in [0.1, 0.15) is 46.0 Å². The van der Waals surface area contributed by atoms with Crippen molar-refractivity contribution >= 4 is 9.52 Å². The summed E-state index contributed by atoms with van der Waals surface area (Å²) in [5, 5.41) is 0. The zero-order chi connectivity index (χ0) is 19.0. The molecule has 1 heterocycles. The SMILES string of the molecule is CCCCN(CCCC)CCN1CCN(CCC[Si]C(OC)OC)CC1. The van der Waals surface area contributed by atoms with Crippen LogP contribution in [0.2, 0.25) is 6.04 Å². The number of methoxy groups -OCH3 is 2. The van der Waals surface area contributed by atoms with Crippen LogP contribution in [0.4, 0.5) is 0 Å². The maximum atomic E-state index is 5.27. The van der Waals surface area contributed by atoms with Crippen LogP contribution < -0.4 is 0 Å². The van der Waals surface area contributed by atoms with Crippen molar-refractivity contribution in [2.45, 2.75) is 57.9 Å². The van der Waals surface area contributed by atoms with Crippen molar-refractivity contribution in [2.24, 2.45) is 0 Å². The monoisotopic (exact) mass is 385 g/mol. The van der Waals surface area contributed by atoms with Gasteiger partial charge >= 0.3 is 0 Å². The van der Waals surface area contributed by atoms with Crippen LogP contribution in [0.5, 0.6) is 0 Å². The average Bonchev–Trinajstić information content (AvgIpc) is 2.68. The summed E-state index contributed by atoms with van der Waals surface area (Å²) in [5.74, 6) is -0.00444. The van der Waals surface area contributed by atoms with E-state index in [1.807, 2.05) is 0 Å². The Kier molecular flexibility index (Phi) is 14.8. The molecule has 154 valence electrons. The number of unbranched alkanes of at least 4 members (excludes halogenated alkanes) is 2. The van der Waals surface area contributed by atoms with Gasteiger partial charge in [-0.1, -0.05) is 32.7 Å².